The fourth-order valence-electron chi connectivity index (χ4n) is 6.45. The molecule has 0 spiro atoms. The van der Waals surface area contributed by atoms with E-state index in [4.69, 9.17) is 4.99 Å². The summed E-state index contributed by atoms with van der Waals surface area (Å²) in [5.41, 5.74) is 10.3. The van der Waals surface area contributed by atoms with E-state index in [1.165, 1.54) is 31.3 Å². The second-order valence-corrected chi connectivity index (χ2v) is 13.5. The standard InChI is InChI=1S/C46H34N4S/c47-29-34-15-9-16-36(27-34)39-26-23-37(40-18-10-19-42-41-17-7-8-20-44(41)51-45(40)42)28-43(39)50-38-24-21-35(22-25-38)46(48-30-32-11-3-1-4-12-32)49-31-33-13-5-2-6-14-33/h1-28,50H,30-31H2,(H,48,49). The van der Waals surface area contributed by atoms with E-state index in [9.17, 15) is 5.26 Å². The summed E-state index contributed by atoms with van der Waals surface area (Å²) in [6.07, 6.45) is 0. The van der Waals surface area contributed by atoms with Gasteiger partial charge in [-0.2, -0.15) is 5.26 Å². The molecule has 51 heavy (non-hydrogen) atoms. The van der Waals surface area contributed by atoms with Gasteiger partial charge in [-0.05, 0) is 76.3 Å². The molecule has 0 amide bonds. The van der Waals surface area contributed by atoms with Crippen molar-refractivity contribution in [3.05, 3.63) is 192 Å². The highest BCUT2D eigenvalue weighted by Crippen LogP contribution is 2.42. The average molecular weight is 675 g/mol. The minimum Gasteiger partial charge on any atom is -0.366 e. The summed E-state index contributed by atoms with van der Waals surface area (Å²) < 4.78 is 2.56. The van der Waals surface area contributed by atoms with Crippen LogP contribution in [0.3, 0.4) is 0 Å². The number of rotatable bonds is 9. The summed E-state index contributed by atoms with van der Waals surface area (Å²) >= 11 is 1.83. The third kappa shape index (κ3) is 7.00. The van der Waals surface area contributed by atoms with Crippen molar-refractivity contribution in [3.63, 3.8) is 0 Å². The molecule has 0 saturated carbocycles. The molecule has 8 aromatic rings. The number of nitriles is 1. The van der Waals surface area contributed by atoms with E-state index in [1.54, 1.807) is 0 Å². The van der Waals surface area contributed by atoms with Crippen LogP contribution >= 0.6 is 11.3 Å². The molecule has 0 atom stereocenters. The number of anilines is 2. The van der Waals surface area contributed by atoms with Gasteiger partial charge in [0.05, 0.1) is 18.2 Å². The number of amidine groups is 1. The Bertz CT molecular complexity index is 2530. The Morgan fingerprint density at radius 1 is 0.608 bits per heavy atom. The highest BCUT2D eigenvalue weighted by Gasteiger charge is 2.14. The average Bonchev–Trinajstić information content (AvgIpc) is 3.58. The maximum atomic E-state index is 9.66. The Balaban J connectivity index is 1.15. The third-order valence-electron chi connectivity index (χ3n) is 9.04. The molecule has 0 unspecified atom stereocenters. The van der Waals surface area contributed by atoms with E-state index in [0.717, 1.165) is 45.0 Å². The third-order valence-corrected chi connectivity index (χ3v) is 10.3. The Morgan fingerprint density at radius 3 is 2.12 bits per heavy atom. The van der Waals surface area contributed by atoms with Crippen LogP contribution in [0.4, 0.5) is 11.4 Å². The number of nitrogens with one attached hydrogen (secondary N) is 2. The van der Waals surface area contributed by atoms with Crippen LogP contribution in [0.2, 0.25) is 0 Å². The van der Waals surface area contributed by atoms with Crippen LogP contribution in [-0.4, -0.2) is 5.84 Å². The number of aliphatic imine (C=N–C) groups is 1. The molecule has 5 heteroatoms. The van der Waals surface area contributed by atoms with E-state index in [2.05, 4.69) is 144 Å². The summed E-state index contributed by atoms with van der Waals surface area (Å²) in [5.74, 6) is 0.849. The highest BCUT2D eigenvalue weighted by atomic mass is 32.1. The van der Waals surface area contributed by atoms with Crippen LogP contribution in [0.15, 0.2) is 175 Å². The first-order valence-corrected chi connectivity index (χ1v) is 17.8. The second-order valence-electron chi connectivity index (χ2n) is 12.4. The molecule has 4 nitrogen and oxygen atoms in total. The molecule has 0 bridgehead atoms. The van der Waals surface area contributed by atoms with Crippen molar-refractivity contribution in [1.29, 1.82) is 5.26 Å². The van der Waals surface area contributed by atoms with Crippen molar-refractivity contribution in [2.24, 2.45) is 4.99 Å². The molecule has 244 valence electrons. The smallest absolute Gasteiger partial charge is 0.128 e. The van der Waals surface area contributed by atoms with Gasteiger partial charge in [0.1, 0.15) is 5.84 Å². The zero-order valence-electron chi connectivity index (χ0n) is 27.9. The van der Waals surface area contributed by atoms with E-state index < -0.39 is 0 Å². The maximum absolute atomic E-state index is 9.66. The molecule has 2 N–H and O–H groups in total. The van der Waals surface area contributed by atoms with Crippen LogP contribution in [0, 0.1) is 11.3 Å². The minimum atomic E-state index is 0.586. The van der Waals surface area contributed by atoms with E-state index in [0.29, 0.717) is 18.7 Å². The molecule has 0 aliphatic rings. The summed E-state index contributed by atoms with van der Waals surface area (Å²) in [7, 11) is 0. The Labute approximate surface area is 302 Å². The predicted octanol–water partition coefficient (Wildman–Crippen LogP) is 11.7. The van der Waals surface area contributed by atoms with Crippen molar-refractivity contribution >= 4 is 48.7 Å². The van der Waals surface area contributed by atoms with Gasteiger partial charge in [0.25, 0.3) is 0 Å². The van der Waals surface area contributed by atoms with Crippen molar-refractivity contribution in [3.8, 4) is 28.3 Å². The summed E-state index contributed by atoms with van der Waals surface area (Å²) in [6, 6.07) is 61.0. The normalized spacial score (nSPS) is 11.4. The van der Waals surface area contributed by atoms with Gasteiger partial charge in [0, 0.05) is 49.2 Å². The fraction of sp³-hybridized carbons (Fsp3) is 0.0435. The molecule has 0 radical (unpaired) electrons. The molecule has 0 aliphatic carbocycles. The molecule has 1 heterocycles. The van der Waals surface area contributed by atoms with Gasteiger partial charge >= 0.3 is 0 Å². The van der Waals surface area contributed by atoms with Gasteiger partial charge in [-0.3, -0.25) is 4.99 Å². The summed E-state index contributed by atoms with van der Waals surface area (Å²) in [5, 5.41) is 19.5. The molecular weight excluding hydrogens is 641 g/mol. The minimum absolute atomic E-state index is 0.586. The lowest BCUT2D eigenvalue weighted by molar-refractivity contribution is 0.896. The van der Waals surface area contributed by atoms with Crippen LogP contribution < -0.4 is 10.6 Å². The second kappa shape index (κ2) is 14.6. The quantitative estimate of drug-likeness (QED) is 0.118. The van der Waals surface area contributed by atoms with E-state index in [-0.39, 0.29) is 0 Å². The molecule has 7 aromatic carbocycles. The summed E-state index contributed by atoms with van der Waals surface area (Å²) in [6.45, 7) is 1.27. The number of hydrogen-bond donors (Lipinski definition) is 2. The number of thiophene rings is 1. The first-order chi connectivity index (χ1) is 25.2. The first kappa shape index (κ1) is 31.8. The van der Waals surface area contributed by atoms with Crippen molar-refractivity contribution < 1.29 is 0 Å². The largest absolute Gasteiger partial charge is 0.366 e. The van der Waals surface area contributed by atoms with Crippen molar-refractivity contribution in [2.45, 2.75) is 13.1 Å². The predicted molar refractivity (Wildman–Crippen MR) is 215 cm³/mol. The van der Waals surface area contributed by atoms with Gasteiger partial charge in [-0.15, -0.1) is 11.3 Å². The zero-order valence-corrected chi connectivity index (χ0v) is 28.7. The lowest BCUT2D eigenvalue weighted by Gasteiger charge is -2.16. The van der Waals surface area contributed by atoms with Crippen molar-refractivity contribution in [1.82, 2.24) is 5.32 Å². The molecule has 0 aliphatic heterocycles. The highest BCUT2D eigenvalue weighted by molar-refractivity contribution is 7.26. The van der Waals surface area contributed by atoms with E-state index in [1.807, 2.05) is 53.8 Å². The van der Waals surface area contributed by atoms with Crippen LogP contribution in [0.1, 0.15) is 22.3 Å². The van der Waals surface area contributed by atoms with Crippen molar-refractivity contribution in [2.75, 3.05) is 5.32 Å². The van der Waals surface area contributed by atoms with Crippen LogP contribution in [-0.2, 0) is 13.1 Å². The Kier molecular flexibility index (Phi) is 9.07. The number of benzene rings is 7. The molecule has 8 rings (SSSR count). The monoisotopic (exact) mass is 674 g/mol. The van der Waals surface area contributed by atoms with Gasteiger partial charge < -0.3 is 10.6 Å². The Morgan fingerprint density at radius 2 is 1.31 bits per heavy atom. The SMILES string of the molecule is N#Cc1cccc(-c2ccc(-c3cccc4c3sc3ccccc34)cc2Nc2ccc(C(=NCc3ccccc3)NCc3ccccc3)cc2)c1. The van der Waals surface area contributed by atoms with Crippen LogP contribution in [0.25, 0.3) is 42.4 Å². The molecule has 0 fully saturated rings. The number of fused-ring (bicyclic) bond motifs is 3. The maximum Gasteiger partial charge on any atom is 0.128 e. The number of nitrogens with zero attached hydrogens (tertiary/aromatic N) is 2. The number of hydrogen-bond acceptors (Lipinski definition) is 4. The Hall–Kier alpha value is -6.48. The lowest BCUT2D eigenvalue weighted by atomic mass is 9.96. The zero-order chi connectivity index (χ0) is 34.4. The molecular formula is C46H34N4S. The molecule has 1 aromatic heterocycles. The van der Waals surface area contributed by atoms with Gasteiger partial charge in [-0.25, -0.2) is 0 Å². The fourth-order valence-corrected chi connectivity index (χ4v) is 7.69. The topological polar surface area (TPSA) is 60.2 Å². The summed E-state index contributed by atoms with van der Waals surface area (Å²) in [4.78, 5) is 5.01. The van der Waals surface area contributed by atoms with Gasteiger partial charge in [-0.1, -0.05) is 121 Å². The first-order valence-electron chi connectivity index (χ1n) is 17.0. The van der Waals surface area contributed by atoms with Crippen LogP contribution in [0.5, 0.6) is 0 Å². The lowest BCUT2D eigenvalue weighted by Crippen LogP contribution is -2.24. The molecule has 0 saturated heterocycles. The van der Waals surface area contributed by atoms with Gasteiger partial charge in [0.2, 0.25) is 0 Å². The van der Waals surface area contributed by atoms with E-state index >= 15 is 0 Å². The van der Waals surface area contributed by atoms with Gasteiger partial charge in [0.15, 0.2) is 0 Å².